The van der Waals surface area contributed by atoms with Crippen molar-refractivity contribution in [3.8, 4) is 0 Å². The van der Waals surface area contributed by atoms with E-state index >= 15 is 0 Å². The minimum Gasteiger partial charge on any atom is -0.462 e. The smallest absolute Gasteiger partial charge is 0.462 e. The van der Waals surface area contributed by atoms with E-state index in [1.807, 2.05) is 0 Å². The fourth-order valence-corrected chi connectivity index (χ4v) is 13.0. The standard InChI is InChI=1S/C75H146O17P2/c1-8-10-11-12-13-14-15-20-24-27-35-42-49-56-72(77)85-62-70(91-74(79)58-51-44-36-28-25-22-19-17-16-18-21-23-26-32-39-46-53-66(3)4)64-89-93(81,82)87-60-69(76)61-88-94(83,84)90-65-71(63-86-73(78)57-50-43-38-31-33-40-47-54-67(5)6)92-75(80)59-52-45-37-30-29-34-41-48-55-68(7)9-2/h66-71,76H,8-65H2,1-7H3,(H,81,82)(H,83,84)/t68?,69-,70-,71-/m1/s1. The van der Waals surface area contributed by atoms with Gasteiger partial charge in [0.1, 0.15) is 19.3 Å². The number of carbonyl (C=O) groups excluding carboxylic acids is 4. The molecule has 94 heavy (non-hydrogen) atoms. The molecule has 0 saturated heterocycles. The number of esters is 4. The summed E-state index contributed by atoms with van der Waals surface area (Å²) in [5, 5.41) is 10.6. The zero-order valence-electron chi connectivity index (χ0n) is 61.4. The fourth-order valence-electron chi connectivity index (χ4n) is 11.4. The molecule has 0 aliphatic rings. The second kappa shape index (κ2) is 65.7. The summed E-state index contributed by atoms with van der Waals surface area (Å²) < 4.78 is 68.5. The van der Waals surface area contributed by atoms with Crippen molar-refractivity contribution in [2.24, 2.45) is 17.8 Å². The Morgan fingerprint density at radius 1 is 0.309 bits per heavy atom. The first kappa shape index (κ1) is 92.1. The van der Waals surface area contributed by atoms with Crippen LogP contribution >= 0.6 is 15.6 Å². The molecule has 0 amide bonds. The van der Waals surface area contributed by atoms with Crippen LogP contribution in [0.3, 0.4) is 0 Å². The number of carbonyl (C=O) groups is 4. The van der Waals surface area contributed by atoms with E-state index in [2.05, 4.69) is 48.5 Å². The Kier molecular flexibility index (Phi) is 64.3. The molecule has 0 aliphatic carbocycles. The van der Waals surface area contributed by atoms with Crippen molar-refractivity contribution in [3.63, 3.8) is 0 Å². The minimum atomic E-state index is -4.96. The van der Waals surface area contributed by atoms with Crippen molar-refractivity contribution in [1.82, 2.24) is 0 Å². The van der Waals surface area contributed by atoms with Crippen LogP contribution in [-0.4, -0.2) is 96.7 Å². The third kappa shape index (κ3) is 67.3. The van der Waals surface area contributed by atoms with Gasteiger partial charge in [0.25, 0.3) is 0 Å². The van der Waals surface area contributed by atoms with Gasteiger partial charge in [-0.15, -0.1) is 0 Å². The molecule has 0 aliphatic heterocycles. The highest BCUT2D eigenvalue weighted by Gasteiger charge is 2.30. The number of phosphoric acid groups is 2. The average Bonchev–Trinajstić information content (AvgIpc) is 2.52. The second-order valence-electron chi connectivity index (χ2n) is 28.2. The van der Waals surface area contributed by atoms with Crippen molar-refractivity contribution < 1.29 is 80.2 Å². The van der Waals surface area contributed by atoms with Gasteiger partial charge in [-0.25, -0.2) is 9.13 Å². The molecule has 17 nitrogen and oxygen atoms in total. The fraction of sp³-hybridized carbons (Fsp3) is 0.947. The van der Waals surface area contributed by atoms with E-state index in [0.29, 0.717) is 31.6 Å². The number of hydrogen-bond acceptors (Lipinski definition) is 15. The predicted molar refractivity (Wildman–Crippen MR) is 381 cm³/mol. The molecule has 3 N–H and O–H groups in total. The number of unbranched alkanes of at least 4 members (excludes halogenated alkanes) is 40. The van der Waals surface area contributed by atoms with E-state index in [1.54, 1.807) is 0 Å². The van der Waals surface area contributed by atoms with E-state index in [0.717, 1.165) is 108 Å². The lowest BCUT2D eigenvalue weighted by atomic mass is 9.99. The van der Waals surface area contributed by atoms with Gasteiger partial charge in [-0.3, -0.25) is 37.3 Å². The van der Waals surface area contributed by atoms with Crippen LogP contribution in [0.1, 0.15) is 382 Å². The first-order valence-electron chi connectivity index (χ1n) is 38.9. The molecule has 0 fully saturated rings. The van der Waals surface area contributed by atoms with Gasteiger partial charge in [0.05, 0.1) is 26.4 Å². The maximum atomic E-state index is 13.1. The molecule has 0 radical (unpaired) electrons. The van der Waals surface area contributed by atoms with E-state index in [4.69, 9.17) is 37.0 Å². The van der Waals surface area contributed by atoms with Gasteiger partial charge in [0.15, 0.2) is 12.2 Å². The van der Waals surface area contributed by atoms with E-state index in [1.165, 1.54) is 186 Å². The lowest BCUT2D eigenvalue weighted by Crippen LogP contribution is -2.30. The van der Waals surface area contributed by atoms with Crippen LogP contribution in [0, 0.1) is 17.8 Å². The number of phosphoric ester groups is 2. The van der Waals surface area contributed by atoms with Gasteiger partial charge in [0.2, 0.25) is 0 Å². The highest BCUT2D eigenvalue weighted by molar-refractivity contribution is 7.47. The molecule has 0 aromatic rings. The Morgan fingerprint density at radius 2 is 0.543 bits per heavy atom. The molecule has 0 heterocycles. The Bertz CT molecular complexity index is 1840. The molecule has 3 unspecified atom stereocenters. The Balaban J connectivity index is 5.23. The van der Waals surface area contributed by atoms with Crippen LogP contribution in [0.25, 0.3) is 0 Å². The maximum Gasteiger partial charge on any atom is 0.472 e. The molecular formula is C75H146O17P2. The maximum absolute atomic E-state index is 13.1. The van der Waals surface area contributed by atoms with Gasteiger partial charge in [0, 0.05) is 25.7 Å². The Morgan fingerprint density at radius 3 is 0.809 bits per heavy atom. The van der Waals surface area contributed by atoms with Gasteiger partial charge in [-0.2, -0.15) is 0 Å². The number of ether oxygens (including phenoxy) is 4. The lowest BCUT2D eigenvalue weighted by molar-refractivity contribution is -0.161. The summed E-state index contributed by atoms with van der Waals surface area (Å²) in [5.41, 5.74) is 0. The predicted octanol–water partition coefficient (Wildman–Crippen LogP) is 21.8. The van der Waals surface area contributed by atoms with Crippen molar-refractivity contribution >= 4 is 39.5 Å². The van der Waals surface area contributed by atoms with Crippen LogP contribution in [-0.2, 0) is 65.4 Å². The van der Waals surface area contributed by atoms with Crippen LogP contribution in [0.15, 0.2) is 0 Å². The van der Waals surface area contributed by atoms with E-state index < -0.39 is 97.5 Å². The van der Waals surface area contributed by atoms with Gasteiger partial charge in [-0.05, 0) is 43.4 Å². The first-order chi connectivity index (χ1) is 45.3. The highest BCUT2D eigenvalue weighted by Crippen LogP contribution is 2.45. The summed E-state index contributed by atoms with van der Waals surface area (Å²) in [6.07, 6.45) is 51.4. The van der Waals surface area contributed by atoms with E-state index in [-0.39, 0.29) is 25.7 Å². The Labute approximate surface area is 575 Å². The summed E-state index contributed by atoms with van der Waals surface area (Å²) in [4.78, 5) is 72.7. The molecule has 0 saturated carbocycles. The van der Waals surface area contributed by atoms with E-state index in [9.17, 15) is 43.2 Å². The van der Waals surface area contributed by atoms with Crippen LogP contribution < -0.4 is 0 Å². The van der Waals surface area contributed by atoms with Crippen LogP contribution in [0.4, 0.5) is 0 Å². The molecular weight excluding hydrogens is 1230 g/mol. The number of hydrogen-bond donors (Lipinski definition) is 3. The lowest BCUT2D eigenvalue weighted by Gasteiger charge is -2.21. The van der Waals surface area contributed by atoms with Crippen LogP contribution in [0.5, 0.6) is 0 Å². The molecule has 6 atom stereocenters. The second-order valence-corrected chi connectivity index (χ2v) is 31.1. The summed E-state index contributed by atoms with van der Waals surface area (Å²) in [6.45, 7) is 11.9. The average molecular weight is 1380 g/mol. The monoisotopic (exact) mass is 1380 g/mol. The van der Waals surface area contributed by atoms with Crippen molar-refractivity contribution in [3.05, 3.63) is 0 Å². The minimum absolute atomic E-state index is 0.104. The summed E-state index contributed by atoms with van der Waals surface area (Å²) in [6, 6.07) is 0. The number of aliphatic hydroxyl groups excluding tert-OH is 1. The third-order valence-electron chi connectivity index (χ3n) is 17.7. The zero-order chi connectivity index (χ0) is 69.4. The molecule has 0 spiro atoms. The molecule has 558 valence electrons. The van der Waals surface area contributed by atoms with Gasteiger partial charge in [-0.1, -0.05) is 331 Å². The third-order valence-corrected chi connectivity index (χ3v) is 19.6. The molecule has 0 rings (SSSR count). The summed E-state index contributed by atoms with van der Waals surface area (Å²) >= 11 is 0. The van der Waals surface area contributed by atoms with Gasteiger partial charge >= 0.3 is 39.5 Å². The van der Waals surface area contributed by atoms with Crippen molar-refractivity contribution in [2.75, 3.05) is 39.6 Å². The molecule has 0 aromatic carbocycles. The Hall–Kier alpha value is -1.94. The summed E-state index contributed by atoms with van der Waals surface area (Å²) in [7, 11) is -9.91. The SMILES string of the molecule is CCCCCCCCCCCCCCCC(=O)OC[C@H](COP(=O)(O)OC[C@@H](O)COP(=O)(O)OC[C@@H](COC(=O)CCCCCCCCCC(C)C)OC(=O)CCCCCCCCCCC(C)CC)OC(=O)CCCCCCCCCCCCCCCCCCC(C)C. The quantitative estimate of drug-likeness (QED) is 0.0222. The molecule has 0 aromatic heterocycles. The first-order valence-corrected chi connectivity index (χ1v) is 41.9. The van der Waals surface area contributed by atoms with Gasteiger partial charge < -0.3 is 33.8 Å². The number of aliphatic hydroxyl groups is 1. The summed E-state index contributed by atoms with van der Waals surface area (Å²) in [5.74, 6) is 0.163. The normalized spacial score (nSPS) is 14.4. The van der Waals surface area contributed by atoms with Crippen molar-refractivity contribution in [1.29, 1.82) is 0 Å². The van der Waals surface area contributed by atoms with Crippen LogP contribution in [0.2, 0.25) is 0 Å². The molecule has 19 heteroatoms. The highest BCUT2D eigenvalue weighted by atomic mass is 31.2. The van der Waals surface area contributed by atoms with Crippen molar-refractivity contribution in [2.45, 2.75) is 401 Å². The zero-order valence-corrected chi connectivity index (χ0v) is 63.2. The largest absolute Gasteiger partial charge is 0.472 e. The topological polar surface area (TPSA) is 237 Å². The number of rotatable bonds is 73. The molecule has 0 bridgehead atoms.